The Hall–Kier alpha value is -2.90. The van der Waals surface area contributed by atoms with Crippen molar-refractivity contribution in [2.75, 3.05) is 36.5 Å². The quantitative estimate of drug-likeness (QED) is 0.678. The Morgan fingerprint density at radius 3 is 2.75 bits per heavy atom. The molecule has 0 amide bonds. The van der Waals surface area contributed by atoms with Gasteiger partial charge >= 0.3 is 5.97 Å². The van der Waals surface area contributed by atoms with Crippen LogP contribution in [-0.2, 0) is 4.74 Å². The summed E-state index contributed by atoms with van der Waals surface area (Å²) in [5, 5.41) is 13.6. The third-order valence-corrected chi connectivity index (χ3v) is 4.87. The molecule has 1 fully saturated rings. The number of carboxylic acid groups (broad SMARTS) is 1. The number of carbonyl (C=O) groups is 1. The molecule has 6 nitrogen and oxygen atoms in total. The summed E-state index contributed by atoms with van der Waals surface area (Å²) in [6.45, 7) is 2.46. The number of rotatable bonds is 4. The predicted molar refractivity (Wildman–Crippen MR) is 106 cm³/mol. The molecular weight excluding hydrogens is 385 g/mol. The lowest BCUT2D eigenvalue weighted by molar-refractivity contribution is 0.0698. The number of halogens is 2. The highest BCUT2D eigenvalue weighted by Gasteiger charge is 2.20. The van der Waals surface area contributed by atoms with Gasteiger partial charge in [-0.1, -0.05) is 11.6 Å². The summed E-state index contributed by atoms with van der Waals surface area (Å²) in [5.74, 6) is -1.51. The average molecular weight is 402 g/mol. The van der Waals surface area contributed by atoms with Gasteiger partial charge < -0.3 is 20.1 Å². The van der Waals surface area contributed by atoms with Gasteiger partial charge in [-0.3, -0.25) is 4.98 Å². The van der Waals surface area contributed by atoms with Crippen molar-refractivity contribution in [3.63, 3.8) is 0 Å². The van der Waals surface area contributed by atoms with Crippen LogP contribution in [0.25, 0.3) is 10.9 Å². The summed E-state index contributed by atoms with van der Waals surface area (Å²) in [4.78, 5) is 18.2. The molecule has 1 aromatic heterocycles. The third kappa shape index (κ3) is 3.58. The first-order valence-corrected chi connectivity index (χ1v) is 9.11. The molecule has 4 rings (SSSR count). The van der Waals surface area contributed by atoms with Crippen LogP contribution in [-0.4, -0.2) is 42.4 Å². The van der Waals surface area contributed by atoms with Crippen LogP contribution in [0, 0.1) is 5.82 Å². The minimum atomic E-state index is -1.11. The van der Waals surface area contributed by atoms with Crippen molar-refractivity contribution < 1.29 is 19.0 Å². The molecule has 0 radical (unpaired) electrons. The highest BCUT2D eigenvalue weighted by molar-refractivity contribution is 6.31. The Bertz CT molecular complexity index is 1050. The number of pyridine rings is 1. The standard InChI is InChI=1S/C20H17ClFN3O3/c21-12-1-3-17(15(9-12)20(26)27)24-19-14-10-13(22)2-4-16(14)23-11-18(19)25-5-7-28-8-6-25/h1-4,9-11H,5-8H2,(H,23,24)(H,26,27). The zero-order chi connectivity index (χ0) is 19.7. The van der Waals surface area contributed by atoms with Gasteiger partial charge in [-0.25, -0.2) is 9.18 Å². The van der Waals surface area contributed by atoms with Crippen LogP contribution in [0.4, 0.5) is 21.5 Å². The first-order chi connectivity index (χ1) is 13.5. The monoisotopic (exact) mass is 401 g/mol. The summed E-state index contributed by atoms with van der Waals surface area (Å²) in [6.07, 6.45) is 1.71. The Morgan fingerprint density at radius 2 is 2.00 bits per heavy atom. The van der Waals surface area contributed by atoms with Gasteiger partial charge in [-0.05, 0) is 36.4 Å². The largest absolute Gasteiger partial charge is 0.478 e. The van der Waals surface area contributed by atoms with E-state index in [2.05, 4.69) is 15.2 Å². The topological polar surface area (TPSA) is 74.7 Å². The van der Waals surface area contributed by atoms with Gasteiger partial charge in [-0.2, -0.15) is 0 Å². The maximum atomic E-state index is 14.0. The smallest absolute Gasteiger partial charge is 0.337 e. The van der Waals surface area contributed by atoms with Crippen molar-refractivity contribution in [1.82, 2.24) is 4.98 Å². The fourth-order valence-corrected chi connectivity index (χ4v) is 3.44. The molecule has 1 saturated heterocycles. The van der Waals surface area contributed by atoms with Crippen LogP contribution in [0.15, 0.2) is 42.6 Å². The van der Waals surface area contributed by atoms with Crippen LogP contribution in [0.3, 0.4) is 0 Å². The molecule has 0 atom stereocenters. The molecule has 0 bridgehead atoms. The highest BCUT2D eigenvalue weighted by atomic mass is 35.5. The Labute approximate surface area is 165 Å². The van der Waals surface area contributed by atoms with E-state index in [1.165, 1.54) is 18.2 Å². The van der Waals surface area contributed by atoms with E-state index >= 15 is 0 Å². The number of morpholine rings is 1. The zero-order valence-corrected chi connectivity index (χ0v) is 15.5. The van der Waals surface area contributed by atoms with Crippen LogP contribution in [0.1, 0.15) is 10.4 Å². The van der Waals surface area contributed by atoms with E-state index in [0.29, 0.717) is 53.6 Å². The summed E-state index contributed by atoms with van der Waals surface area (Å²) < 4.78 is 19.4. The number of ether oxygens (including phenoxy) is 1. The number of benzene rings is 2. The first-order valence-electron chi connectivity index (χ1n) is 8.74. The minimum Gasteiger partial charge on any atom is -0.478 e. The van der Waals surface area contributed by atoms with E-state index < -0.39 is 11.8 Å². The van der Waals surface area contributed by atoms with Gasteiger partial charge in [0.2, 0.25) is 0 Å². The number of fused-ring (bicyclic) bond motifs is 1. The lowest BCUT2D eigenvalue weighted by Crippen LogP contribution is -2.36. The SMILES string of the molecule is O=C(O)c1cc(Cl)ccc1Nc1c(N2CCOCC2)cnc2ccc(F)cc12. The average Bonchev–Trinajstić information content (AvgIpc) is 2.70. The Balaban J connectivity index is 1.88. The molecule has 8 heteroatoms. The second kappa shape index (κ2) is 7.61. The summed E-state index contributed by atoms with van der Waals surface area (Å²) >= 11 is 5.96. The molecule has 0 saturated carbocycles. The van der Waals surface area contributed by atoms with Gasteiger partial charge in [-0.15, -0.1) is 0 Å². The van der Waals surface area contributed by atoms with Crippen molar-refractivity contribution in [2.24, 2.45) is 0 Å². The van der Waals surface area contributed by atoms with Crippen LogP contribution in [0.2, 0.25) is 5.02 Å². The van der Waals surface area contributed by atoms with Crippen LogP contribution >= 0.6 is 11.6 Å². The van der Waals surface area contributed by atoms with Crippen molar-refractivity contribution in [1.29, 1.82) is 0 Å². The number of carboxylic acids is 1. The van der Waals surface area contributed by atoms with E-state index in [0.717, 1.165) is 5.69 Å². The second-order valence-electron chi connectivity index (χ2n) is 6.40. The van der Waals surface area contributed by atoms with E-state index in [4.69, 9.17) is 16.3 Å². The number of nitrogens with one attached hydrogen (secondary N) is 1. The zero-order valence-electron chi connectivity index (χ0n) is 14.8. The lowest BCUT2D eigenvalue weighted by Gasteiger charge is -2.31. The number of hydrogen-bond acceptors (Lipinski definition) is 5. The maximum Gasteiger partial charge on any atom is 0.337 e. The number of nitrogens with zero attached hydrogens (tertiary/aromatic N) is 2. The van der Waals surface area contributed by atoms with Crippen LogP contribution < -0.4 is 10.2 Å². The van der Waals surface area contributed by atoms with Gasteiger partial charge in [0.1, 0.15) is 5.82 Å². The number of aromatic carboxylic acids is 1. The number of anilines is 3. The molecule has 0 aliphatic carbocycles. The fraction of sp³-hybridized carbons (Fsp3) is 0.200. The molecule has 0 unspecified atom stereocenters. The molecule has 28 heavy (non-hydrogen) atoms. The van der Waals surface area contributed by atoms with Crippen molar-refractivity contribution in [3.05, 3.63) is 59.0 Å². The molecule has 1 aliphatic rings. The summed E-state index contributed by atoms with van der Waals surface area (Å²) in [7, 11) is 0. The van der Waals surface area contributed by atoms with Crippen molar-refractivity contribution in [3.8, 4) is 0 Å². The van der Waals surface area contributed by atoms with E-state index in [1.54, 1.807) is 24.4 Å². The minimum absolute atomic E-state index is 0.0294. The molecule has 2 heterocycles. The summed E-state index contributed by atoms with van der Waals surface area (Å²) in [6, 6.07) is 8.92. The fourth-order valence-electron chi connectivity index (χ4n) is 3.27. The van der Waals surface area contributed by atoms with Gasteiger partial charge in [0.15, 0.2) is 0 Å². The maximum absolute atomic E-state index is 14.0. The molecule has 2 aromatic carbocycles. The third-order valence-electron chi connectivity index (χ3n) is 4.63. The predicted octanol–water partition coefficient (Wildman–Crippen LogP) is 4.31. The van der Waals surface area contributed by atoms with E-state index in [1.807, 2.05) is 0 Å². The van der Waals surface area contributed by atoms with Crippen molar-refractivity contribution >= 4 is 45.5 Å². The molecular formula is C20H17ClFN3O3. The van der Waals surface area contributed by atoms with Crippen molar-refractivity contribution in [2.45, 2.75) is 0 Å². The Kier molecular flexibility index (Phi) is 5.02. The molecule has 144 valence electrons. The Morgan fingerprint density at radius 1 is 1.21 bits per heavy atom. The van der Waals surface area contributed by atoms with Gasteiger partial charge in [0.25, 0.3) is 0 Å². The number of hydrogen-bond donors (Lipinski definition) is 2. The molecule has 1 aliphatic heterocycles. The van der Waals surface area contributed by atoms with E-state index in [9.17, 15) is 14.3 Å². The lowest BCUT2D eigenvalue weighted by atomic mass is 10.1. The van der Waals surface area contributed by atoms with Crippen LogP contribution in [0.5, 0.6) is 0 Å². The normalized spacial score (nSPS) is 14.3. The van der Waals surface area contributed by atoms with Gasteiger partial charge in [0, 0.05) is 23.5 Å². The molecule has 0 spiro atoms. The highest BCUT2D eigenvalue weighted by Crippen LogP contribution is 2.37. The van der Waals surface area contributed by atoms with E-state index in [-0.39, 0.29) is 5.56 Å². The second-order valence-corrected chi connectivity index (χ2v) is 6.84. The van der Waals surface area contributed by atoms with Gasteiger partial charge in [0.05, 0.1) is 47.6 Å². The molecule has 2 N–H and O–H groups in total. The molecule has 3 aromatic rings. The number of aromatic nitrogens is 1. The first kappa shape index (κ1) is 18.5. The summed E-state index contributed by atoms with van der Waals surface area (Å²) in [5.41, 5.74) is 2.35.